The maximum absolute atomic E-state index is 14.5. The lowest BCUT2D eigenvalue weighted by molar-refractivity contribution is -0.118. The van der Waals surface area contributed by atoms with Crippen molar-refractivity contribution in [2.45, 2.75) is 120 Å². The first-order chi connectivity index (χ1) is 39.3. The van der Waals surface area contributed by atoms with Crippen LogP contribution >= 0.6 is 21.6 Å². The smallest absolute Gasteiger partial charge is 0.277 e. The van der Waals surface area contributed by atoms with Crippen molar-refractivity contribution >= 4 is 92.5 Å². The van der Waals surface area contributed by atoms with E-state index >= 15 is 0 Å². The van der Waals surface area contributed by atoms with Gasteiger partial charge >= 0.3 is 0 Å². The quantitative estimate of drug-likeness (QED) is 0.0253. The topological polar surface area (TPSA) is 256 Å². The molecular weight excluding hydrogens is 1170 g/mol. The van der Waals surface area contributed by atoms with Crippen LogP contribution in [0.1, 0.15) is 106 Å². The highest BCUT2D eigenvalue weighted by atomic mass is 33.1. The minimum Gasteiger partial charge on any atom is -0.493 e. The van der Waals surface area contributed by atoms with Gasteiger partial charge in [0, 0.05) is 63.5 Å². The molecule has 0 fully saturated rings. The zero-order valence-electron chi connectivity index (χ0n) is 47.0. The minimum atomic E-state index is -4.46. The van der Waals surface area contributed by atoms with Gasteiger partial charge in [0.1, 0.15) is 29.5 Å². The van der Waals surface area contributed by atoms with E-state index in [1.54, 1.807) is 60.0 Å². The van der Waals surface area contributed by atoms with Crippen LogP contribution in [0, 0.1) is 12.8 Å². The van der Waals surface area contributed by atoms with Gasteiger partial charge in [0.15, 0.2) is 17.3 Å². The van der Waals surface area contributed by atoms with Gasteiger partial charge in [-0.3, -0.25) is 32.1 Å². The normalized spacial score (nSPS) is 18.8. The molecule has 4 aliphatic rings. The van der Waals surface area contributed by atoms with E-state index in [1.165, 1.54) is 28.7 Å². The Labute approximate surface area is 492 Å². The maximum atomic E-state index is 14.5. The number of benzene rings is 5. The Bertz CT molecular complexity index is 3700. The van der Waals surface area contributed by atoms with Crippen LogP contribution in [-0.2, 0) is 87.2 Å². The number of amides is 3. The number of para-hydroxylation sites is 2. The van der Waals surface area contributed by atoms with Gasteiger partial charge in [0.2, 0.25) is 5.91 Å². The third-order valence-corrected chi connectivity index (χ3v) is 23.3. The van der Waals surface area contributed by atoms with Gasteiger partial charge in [-0.2, -0.15) is 25.3 Å². The van der Waals surface area contributed by atoms with E-state index in [0.29, 0.717) is 86.8 Å². The third kappa shape index (κ3) is 13.6. The van der Waals surface area contributed by atoms with Crippen LogP contribution in [0.3, 0.4) is 0 Å². The van der Waals surface area contributed by atoms with Crippen LogP contribution in [-0.4, -0.2) is 113 Å². The molecule has 4 aliphatic heterocycles. The largest absolute Gasteiger partial charge is 0.493 e. The number of carbonyl (C=O) groups excluding carboxylic acids is 4. The Morgan fingerprint density at radius 1 is 0.723 bits per heavy atom. The molecular formula is C59H67N3O16S5. The van der Waals surface area contributed by atoms with Crippen LogP contribution < -0.4 is 29.3 Å². The number of rotatable bonds is 24. The summed E-state index contributed by atoms with van der Waals surface area (Å²) >= 11 is 0. The van der Waals surface area contributed by atoms with E-state index < -0.39 is 75.1 Å². The van der Waals surface area contributed by atoms with Crippen LogP contribution in [0.2, 0.25) is 0 Å². The van der Waals surface area contributed by atoms with Crippen LogP contribution in [0.5, 0.6) is 17.2 Å². The Morgan fingerprint density at radius 3 is 1.90 bits per heavy atom. The predicted molar refractivity (Wildman–Crippen MR) is 319 cm³/mol. The molecule has 9 rings (SSSR count). The lowest BCUT2D eigenvalue weighted by atomic mass is 9.91. The third-order valence-electron chi connectivity index (χ3n) is 15.7. The van der Waals surface area contributed by atoms with Crippen molar-refractivity contribution in [2.24, 2.45) is 5.92 Å². The number of anilines is 3. The molecule has 0 spiro atoms. The van der Waals surface area contributed by atoms with Crippen molar-refractivity contribution in [3.8, 4) is 17.2 Å². The van der Waals surface area contributed by atoms with Crippen molar-refractivity contribution in [1.82, 2.24) is 0 Å². The molecule has 2 N–H and O–H groups in total. The molecule has 24 heteroatoms. The van der Waals surface area contributed by atoms with Crippen LogP contribution in [0.25, 0.3) is 0 Å². The summed E-state index contributed by atoms with van der Waals surface area (Å²) in [5, 5.41) is 0.675. The number of fused-ring (bicyclic) bond motifs is 8. The Kier molecular flexibility index (Phi) is 18.5. The number of nitrogens with one attached hydrogen (secondary N) is 1. The van der Waals surface area contributed by atoms with Gasteiger partial charge < -0.3 is 29.3 Å². The first-order valence-corrected chi connectivity index (χ1v) is 33.9. The lowest BCUT2D eigenvalue weighted by Gasteiger charge is -2.28. The maximum Gasteiger partial charge on any atom is 0.277 e. The predicted octanol–water partition coefficient (Wildman–Crippen LogP) is 8.86. The Morgan fingerprint density at radius 2 is 1.30 bits per heavy atom. The molecule has 0 saturated heterocycles. The fourth-order valence-electron chi connectivity index (χ4n) is 11.6. The van der Waals surface area contributed by atoms with E-state index in [2.05, 4.69) is 9.50 Å². The van der Waals surface area contributed by atoms with Gasteiger partial charge in [-0.05, 0) is 153 Å². The number of carbonyl (C=O) groups is 4. The molecule has 0 radical (unpaired) electrons. The number of ether oxygens (including phenoxy) is 3. The summed E-state index contributed by atoms with van der Waals surface area (Å²) in [7, 11) is -6.16. The molecule has 19 nitrogen and oxygen atoms in total. The van der Waals surface area contributed by atoms with Gasteiger partial charge in [-0.15, -0.1) is 0 Å². The summed E-state index contributed by atoms with van der Waals surface area (Å²) in [6.07, 6.45) is 1.51. The van der Waals surface area contributed by atoms with E-state index in [1.807, 2.05) is 68.4 Å². The number of ketones is 1. The summed E-state index contributed by atoms with van der Waals surface area (Å²) in [5.74, 6) is -1.42. The zero-order chi connectivity index (χ0) is 59.8. The molecule has 83 heavy (non-hydrogen) atoms. The van der Waals surface area contributed by atoms with Crippen LogP contribution in [0.4, 0.5) is 17.1 Å². The number of aryl methyl sites for hydroxylation is 1. The van der Waals surface area contributed by atoms with E-state index in [4.69, 9.17) is 18.4 Å². The first kappa shape index (κ1) is 61.6. The highest BCUT2D eigenvalue weighted by Gasteiger charge is 2.48. The lowest BCUT2D eigenvalue weighted by Crippen LogP contribution is -2.47. The molecule has 3 amide bonds. The molecule has 5 aromatic rings. The highest BCUT2D eigenvalue weighted by Crippen LogP contribution is 2.45. The monoisotopic (exact) mass is 1230 g/mol. The van der Waals surface area contributed by atoms with Gasteiger partial charge in [0.05, 0.1) is 33.1 Å². The van der Waals surface area contributed by atoms with E-state index in [-0.39, 0.29) is 74.5 Å². The average Bonchev–Trinajstić information content (AvgIpc) is 3.80. The second-order valence-corrected chi connectivity index (χ2v) is 30.2. The van der Waals surface area contributed by atoms with E-state index in [9.17, 15) is 49.0 Å². The van der Waals surface area contributed by atoms with Gasteiger partial charge in [0.25, 0.3) is 42.2 Å². The number of methoxy groups -OCH3 is 1. The van der Waals surface area contributed by atoms with Crippen molar-refractivity contribution < 1.29 is 71.6 Å². The molecule has 5 atom stereocenters. The number of hydrogen-bond donors (Lipinski definition) is 2. The summed E-state index contributed by atoms with van der Waals surface area (Å²) in [4.78, 5) is 58.4. The fourth-order valence-corrected chi connectivity index (χ4v) is 17.6. The molecule has 444 valence electrons. The summed E-state index contributed by atoms with van der Waals surface area (Å²) < 4.78 is 115. The highest BCUT2D eigenvalue weighted by molar-refractivity contribution is 8.77. The standard InChI is InChI=1S/C59H67N3O16S5/c1-8-50(63)54(82(70,71)75-6)18-20-79-80-59(3,4)19-17-56(64)60-43-23-36(32-77-51-28-41-30-55(83(72,73)76-7)49-27-39-14-10-12-16-47(39)62(49)57(65)44(41)21-35(51)2)22-37(24-43)33-78-53-29-40-25-42(34-81(67,68)69)48-26-38-13-9-11-15-46(38)61(48)58(66)45(40)31-52(53)74-5/h9-16,21-24,28-29,31,42,48-49,54-55H,8,17-20,25-27,30,32-34H2,1-7H3,(H,60,64)(H,67,68,69)/t42?,48-,49-,54?,55?/m0/s1. The van der Waals surface area contributed by atoms with Gasteiger partial charge in [-0.25, -0.2) is 0 Å². The molecule has 0 aromatic heterocycles. The summed E-state index contributed by atoms with van der Waals surface area (Å²) in [5.41, 5.74) is 6.90. The van der Waals surface area contributed by atoms with Crippen molar-refractivity contribution in [3.05, 3.63) is 141 Å². The minimum absolute atomic E-state index is 0.0203. The Balaban J connectivity index is 0.975. The number of nitrogens with zero attached hydrogens (tertiary/aromatic N) is 2. The first-order valence-electron chi connectivity index (χ1n) is 27.1. The fraction of sp³-hybridized carbons (Fsp3) is 0.424. The average molecular weight is 1230 g/mol. The molecule has 5 aromatic carbocycles. The molecule has 0 aliphatic carbocycles. The zero-order valence-corrected chi connectivity index (χ0v) is 51.1. The summed E-state index contributed by atoms with van der Waals surface area (Å²) in [6, 6.07) is 25.5. The number of hydrogen-bond acceptors (Lipinski definition) is 17. The van der Waals surface area contributed by atoms with Crippen molar-refractivity contribution in [3.63, 3.8) is 0 Å². The molecule has 3 unspecified atom stereocenters. The van der Waals surface area contributed by atoms with Crippen LogP contribution in [0.15, 0.2) is 91.0 Å². The van der Waals surface area contributed by atoms with Gasteiger partial charge in [-0.1, -0.05) is 64.9 Å². The summed E-state index contributed by atoms with van der Waals surface area (Å²) in [6.45, 7) is 7.19. The molecule has 0 saturated carbocycles. The molecule has 4 heterocycles. The Hall–Kier alpha value is -5.99. The van der Waals surface area contributed by atoms with Crippen molar-refractivity contribution in [1.29, 1.82) is 0 Å². The number of Topliss-reactive ketones (excluding diaryl/α,β-unsaturated/α-hetero) is 1. The second kappa shape index (κ2) is 24.9. The van der Waals surface area contributed by atoms with E-state index in [0.717, 1.165) is 25.3 Å². The second-order valence-electron chi connectivity index (χ2n) is 21.8. The SMILES string of the molecule is CCC(=O)C(CCSSC(C)(C)CCC(=O)Nc1cc(COc2cc3c(cc2C)C(=O)N2c4ccccc4C[C@H]2C(S(=O)(=O)OC)C3)cc(COc2cc3c(cc2OC)C(=O)N2c4ccccc4C[C@H]2C(CS(=O)(=O)O)C3)c1)S(=O)(=O)OC. The van der Waals surface area contributed by atoms with Crippen molar-refractivity contribution in [2.75, 3.05) is 48.0 Å². The molecule has 0 bridgehead atoms.